The summed E-state index contributed by atoms with van der Waals surface area (Å²) in [5.41, 5.74) is 1.43. The van der Waals surface area contributed by atoms with Crippen LogP contribution in [0.5, 0.6) is 0 Å². The second kappa shape index (κ2) is 5.54. The van der Waals surface area contributed by atoms with Crippen LogP contribution in [0.4, 0.5) is 5.13 Å². The smallest absolute Gasteiger partial charge is 0.186 e. The van der Waals surface area contributed by atoms with Crippen molar-refractivity contribution in [2.45, 2.75) is 89.4 Å². The molecule has 3 aliphatic rings. The van der Waals surface area contributed by atoms with Crippen LogP contribution in [0.2, 0.25) is 0 Å². The van der Waals surface area contributed by atoms with E-state index in [4.69, 9.17) is 4.98 Å². The minimum Gasteiger partial charge on any atom is -0.342 e. The molecule has 2 unspecified atom stereocenters. The molecule has 0 spiro atoms. The van der Waals surface area contributed by atoms with Gasteiger partial charge in [-0.1, -0.05) is 6.92 Å². The highest BCUT2D eigenvalue weighted by Gasteiger charge is 2.35. The molecule has 1 N–H and O–H groups in total. The van der Waals surface area contributed by atoms with Gasteiger partial charge in [0, 0.05) is 35.5 Å². The average Bonchev–Trinajstić information content (AvgIpc) is 3.40. The Labute approximate surface area is 132 Å². The molecule has 21 heavy (non-hydrogen) atoms. The Balaban J connectivity index is 1.57. The predicted molar refractivity (Wildman–Crippen MR) is 89.2 cm³/mol. The normalized spacial score (nSPS) is 29.3. The van der Waals surface area contributed by atoms with Gasteiger partial charge in [-0.3, -0.25) is 0 Å². The molecule has 2 aliphatic carbocycles. The molecule has 116 valence electrons. The summed E-state index contributed by atoms with van der Waals surface area (Å²) in [5.74, 6) is 0.768. The number of thiazole rings is 1. The molecule has 3 nitrogen and oxygen atoms in total. The largest absolute Gasteiger partial charge is 0.342 e. The van der Waals surface area contributed by atoms with Crippen LogP contribution in [0.15, 0.2) is 0 Å². The molecule has 4 heteroatoms. The molecule has 1 saturated heterocycles. The molecule has 0 amide bonds. The molecular formula is C17H27N3S. The molecule has 3 fully saturated rings. The molecule has 0 radical (unpaired) electrons. The third-order valence-corrected chi connectivity index (χ3v) is 6.37. The zero-order valence-electron chi connectivity index (χ0n) is 13.3. The Morgan fingerprint density at radius 3 is 2.67 bits per heavy atom. The van der Waals surface area contributed by atoms with Crippen molar-refractivity contribution in [2.24, 2.45) is 0 Å². The van der Waals surface area contributed by atoms with E-state index < -0.39 is 0 Å². The number of hydrogen-bond donors (Lipinski definition) is 1. The lowest BCUT2D eigenvalue weighted by Crippen LogP contribution is -2.33. The molecule has 4 rings (SSSR count). The van der Waals surface area contributed by atoms with Crippen LogP contribution in [0.1, 0.15) is 75.3 Å². The predicted octanol–water partition coefficient (Wildman–Crippen LogP) is 4.04. The second-order valence-corrected chi connectivity index (χ2v) is 8.19. The van der Waals surface area contributed by atoms with Gasteiger partial charge in [0.15, 0.2) is 5.13 Å². The van der Waals surface area contributed by atoms with Gasteiger partial charge >= 0.3 is 0 Å². The third kappa shape index (κ3) is 2.85. The van der Waals surface area contributed by atoms with Gasteiger partial charge in [-0.2, -0.15) is 0 Å². The average molecular weight is 305 g/mol. The van der Waals surface area contributed by atoms with Gasteiger partial charge in [-0.15, -0.1) is 11.3 Å². The first-order valence-corrected chi connectivity index (χ1v) is 9.59. The summed E-state index contributed by atoms with van der Waals surface area (Å²) in [7, 11) is 0. The minimum absolute atomic E-state index is 0.664. The van der Waals surface area contributed by atoms with E-state index >= 15 is 0 Å². The van der Waals surface area contributed by atoms with Gasteiger partial charge in [-0.05, 0) is 51.9 Å². The van der Waals surface area contributed by atoms with Crippen molar-refractivity contribution >= 4 is 16.5 Å². The van der Waals surface area contributed by atoms with Crippen LogP contribution in [0.25, 0.3) is 0 Å². The monoisotopic (exact) mass is 305 g/mol. The lowest BCUT2D eigenvalue weighted by molar-refractivity contribution is 0.625. The fourth-order valence-electron chi connectivity index (χ4n) is 3.61. The molecule has 2 atom stereocenters. The summed E-state index contributed by atoms with van der Waals surface area (Å²) in [6, 6.07) is 2.16. The number of nitrogens with zero attached hydrogens (tertiary/aromatic N) is 2. The van der Waals surface area contributed by atoms with Crippen molar-refractivity contribution in [1.29, 1.82) is 0 Å². The van der Waals surface area contributed by atoms with E-state index in [-0.39, 0.29) is 0 Å². The van der Waals surface area contributed by atoms with Crippen LogP contribution in [0, 0.1) is 0 Å². The summed E-state index contributed by atoms with van der Waals surface area (Å²) in [6.07, 6.45) is 9.35. The first-order chi connectivity index (χ1) is 10.3. The number of nitrogens with one attached hydrogen (secondary N) is 1. The van der Waals surface area contributed by atoms with E-state index in [1.165, 1.54) is 60.6 Å². The molecular weight excluding hydrogens is 278 g/mol. The molecule has 0 aromatic carbocycles. The lowest BCUT2D eigenvalue weighted by atomic mass is 10.2. The van der Waals surface area contributed by atoms with Gasteiger partial charge < -0.3 is 10.2 Å². The Hall–Kier alpha value is -0.610. The van der Waals surface area contributed by atoms with Gasteiger partial charge in [-0.25, -0.2) is 4.98 Å². The maximum atomic E-state index is 5.11. The maximum Gasteiger partial charge on any atom is 0.186 e. The SMILES string of the molecule is CCC1CCC(C)N1c1nc(C2CC2)c(CNC2CC2)s1. The van der Waals surface area contributed by atoms with Crippen molar-refractivity contribution < 1.29 is 0 Å². The number of hydrogen-bond acceptors (Lipinski definition) is 4. The second-order valence-electron chi connectivity index (χ2n) is 7.13. The first-order valence-electron chi connectivity index (χ1n) is 8.77. The molecule has 2 heterocycles. The van der Waals surface area contributed by atoms with Crippen LogP contribution in [0.3, 0.4) is 0 Å². The van der Waals surface area contributed by atoms with Crippen molar-refractivity contribution in [1.82, 2.24) is 10.3 Å². The van der Waals surface area contributed by atoms with E-state index in [2.05, 4.69) is 24.1 Å². The summed E-state index contributed by atoms with van der Waals surface area (Å²) in [5, 5.41) is 4.99. The lowest BCUT2D eigenvalue weighted by Gasteiger charge is -2.27. The van der Waals surface area contributed by atoms with E-state index in [9.17, 15) is 0 Å². The zero-order chi connectivity index (χ0) is 14.4. The van der Waals surface area contributed by atoms with Crippen molar-refractivity contribution in [3.8, 4) is 0 Å². The number of anilines is 1. The highest BCUT2D eigenvalue weighted by molar-refractivity contribution is 7.15. The summed E-state index contributed by atoms with van der Waals surface area (Å²) < 4.78 is 0. The molecule has 1 aliphatic heterocycles. The Morgan fingerprint density at radius 1 is 1.19 bits per heavy atom. The van der Waals surface area contributed by atoms with Gasteiger partial charge in [0.25, 0.3) is 0 Å². The van der Waals surface area contributed by atoms with Crippen LogP contribution >= 0.6 is 11.3 Å². The van der Waals surface area contributed by atoms with Crippen LogP contribution in [-0.2, 0) is 6.54 Å². The van der Waals surface area contributed by atoms with Gasteiger partial charge in [0.1, 0.15) is 0 Å². The van der Waals surface area contributed by atoms with Crippen LogP contribution < -0.4 is 10.2 Å². The van der Waals surface area contributed by atoms with Crippen molar-refractivity contribution in [2.75, 3.05) is 4.90 Å². The van der Waals surface area contributed by atoms with E-state index in [1.54, 1.807) is 0 Å². The van der Waals surface area contributed by atoms with Crippen molar-refractivity contribution in [3.63, 3.8) is 0 Å². The van der Waals surface area contributed by atoms with Crippen LogP contribution in [-0.4, -0.2) is 23.1 Å². The van der Waals surface area contributed by atoms with E-state index in [1.807, 2.05) is 11.3 Å². The van der Waals surface area contributed by atoms with Crippen molar-refractivity contribution in [3.05, 3.63) is 10.6 Å². The van der Waals surface area contributed by atoms with Gasteiger partial charge in [0.05, 0.1) is 5.69 Å². The molecule has 1 aromatic heterocycles. The van der Waals surface area contributed by atoms with E-state index in [0.29, 0.717) is 12.1 Å². The summed E-state index contributed by atoms with van der Waals surface area (Å²) in [6.45, 7) is 5.74. The zero-order valence-corrected chi connectivity index (χ0v) is 14.1. The quantitative estimate of drug-likeness (QED) is 0.859. The highest BCUT2D eigenvalue weighted by Crippen LogP contribution is 2.45. The highest BCUT2D eigenvalue weighted by atomic mass is 32.1. The van der Waals surface area contributed by atoms with E-state index in [0.717, 1.165) is 18.5 Å². The third-order valence-electron chi connectivity index (χ3n) is 5.29. The summed E-state index contributed by atoms with van der Waals surface area (Å²) >= 11 is 1.97. The Bertz CT molecular complexity index is 504. The first kappa shape index (κ1) is 14.0. The minimum atomic E-state index is 0.664. The number of rotatable bonds is 6. The van der Waals surface area contributed by atoms with Gasteiger partial charge in [0.2, 0.25) is 0 Å². The molecule has 1 aromatic rings. The molecule has 0 bridgehead atoms. The standard InChI is InChI=1S/C17H27N3S/c1-3-14-9-4-11(2)20(14)17-19-16(12-5-6-12)15(21-17)10-18-13-7-8-13/h11-14,18H,3-10H2,1-2H3. The molecule has 2 saturated carbocycles. The summed E-state index contributed by atoms with van der Waals surface area (Å²) in [4.78, 5) is 9.25. The fraction of sp³-hybridized carbons (Fsp3) is 0.824. The number of aromatic nitrogens is 1. The maximum absolute atomic E-state index is 5.11. The topological polar surface area (TPSA) is 28.2 Å². The Kier molecular flexibility index (Phi) is 3.70. The fourth-order valence-corrected chi connectivity index (χ4v) is 4.88. The Morgan fingerprint density at radius 2 is 2.00 bits per heavy atom.